The van der Waals surface area contributed by atoms with Gasteiger partial charge >= 0.3 is 12.2 Å². The number of carbonyl (C=O) groups excluding carboxylic acids is 1. The maximum Gasteiger partial charge on any atom is 0.417 e. The summed E-state index contributed by atoms with van der Waals surface area (Å²) in [6.45, 7) is 1.10. The maximum absolute atomic E-state index is 13.7. The highest BCUT2D eigenvalue weighted by atomic mass is 35.5. The summed E-state index contributed by atoms with van der Waals surface area (Å²) in [6.07, 6.45) is -4.07. The quantitative estimate of drug-likeness (QED) is 0.321. The summed E-state index contributed by atoms with van der Waals surface area (Å²) < 4.78 is 65.9. The average Bonchev–Trinajstić information content (AvgIpc) is 2.70. The zero-order valence-corrected chi connectivity index (χ0v) is 17.1. The lowest BCUT2D eigenvalue weighted by Gasteiger charge is -2.16. The normalized spacial score (nSPS) is 11.3. The Balaban J connectivity index is 1.85. The van der Waals surface area contributed by atoms with E-state index in [1.54, 1.807) is 6.92 Å². The molecule has 0 fully saturated rings. The topological polar surface area (TPSA) is 74.2 Å². The molecule has 0 spiro atoms. The second-order valence-corrected chi connectivity index (χ2v) is 7.12. The summed E-state index contributed by atoms with van der Waals surface area (Å²) in [5.41, 5.74) is -1.20. The fourth-order valence-electron chi connectivity index (χ4n) is 2.91. The van der Waals surface area contributed by atoms with Gasteiger partial charge < -0.3 is 15.7 Å². The number of aromatic hydroxyl groups is 1. The van der Waals surface area contributed by atoms with E-state index >= 15 is 0 Å². The minimum atomic E-state index is -4.65. The Morgan fingerprint density at radius 1 is 1.16 bits per heavy atom. The molecule has 0 aliphatic heterocycles. The van der Waals surface area contributed by atoms with Crippen LogP contribution in [-0.4, -0.2) is 16.1 Å². The van der Waals surface area contributed by atoms with E-state index in [1.807, 2.05) is 0 Å². The molecule has 0 saturated carbocycles. The Kier molecular flexibility index (Phi) is 6.54. The number of pyridine rings is 1. The number of anilines is 1. The van der Waals surface area contributed by atoms with Crippen LogP contribution in [0.4, 0.5) is 32.4 Å². The van der Waals surface area contributed by atoms with Crippen molar-refractivity contribution in [1.82, 2.24) is 10.3 Å². The molecule has 0 aliphatic carbocycles. The molecule has 1 heterocycles. The van der Waals surface area contributed by atoms with Crippen molar-refractivity contribution in [2.24, 2.45) is 0 Å². The molecule has 32 heavy (non-hydrogen) atoms. The van der Waals surface area contributed by atoms with Gasteiger partial charge in [0.05, 0.1) is 28.5 Å². The van der Waals surface area contributed by atoms with Crippen LogP contribution in [0.2, 0.25) is 5.02 Å². The van der Waals surface area contributed by atoms with Gasteiger partial charge in [0, 0.05) is 17.3 Å². The summed E-state index contributed by atoms with van der Waals surface area (Å²) in [5.74, 6) is -2.17. The van der Waals surface area contributed by atoms with Crippen LogP contribution in [0, 0.1) is 18.6 Å². The molecule has 11 heteroatoms. The molecule has 168 valence electrons. The number of aryl methyl sites for hydroxylation is 1. The van der Waals surface area contributed by atoms with Crippen LogP contribution in [0.15, 0.2) is 42.6 Å². The first-order chi connectivity index (χ1) is 15.0. The molecular formula is C21H15ClF5N3O2. The second kappa shape index (κ2) is 8.99. The van der Waals surface area contributed by atoms with Crippen LogP contribution < -0.4 is 10.6 Å². The van der Waals surface area contributed by atoms with Crippen molar-refractivity contribution in [2.45, 2.75) is 19.6 Å². The Labute approximate surface area is 183 Å². The molecule has 1 aromatic heterocycles. The van der Waals surface area contributed by atoms with Crippen molar-refractivity contribution >= 4 is 23.3 Å². The number of rotatable bonds is 4. The summed E-state index contributed by atoms with van der Waals surface area (Å²) in [5, 5.41) is 14.8. The molecular weight excluding hydrogens is 457 g/mol. The zero-order chi connectivity index (χ0) is 23.6. The molecule has 0 bridgehead atoms. The van der Waals surface area contributed by atoms with E-state index in [9.17, 15) is 31.9 Å². The summed E-state index contributed by atoms with van der Waals surface area (Å²) in [4.78, 5) is 15.9. The standard InChI is InChI=1S/C21H15ClF5N3O2/c1-10-5-6-16(30-20(32)29-9-12-14(23)3-2-4-15(12)24)19(31)17(10)18-13(22)7-11(8-28-18)21(25,26)27/h2-8,31H,9H2,1H3,(H2,29,30,32). The van der Waals surface area contributed by atoms with Gasteiger partial charge in [-0.1, -0.05) is 23.7 Å². The number of alkyl halides is 3. The number of amides is 2. The van der Waals surface area contributed by atoms with E-state index in [1.165, 1.54) is 18.2 Å². The molecule has 3 rings (SSSR count). The van der Waals surface area contributed by atoms with Crippen molar-refractivity contribution in [3.63, 3.8) is 0 Å². The van der Waals surface area contributed by atoms with Crippen molar-refractivity contribution < 1.29 is 31.9 Å². The van der Waals surface area contributed by atoms with Crippen LogP contribution >= 0.6 is 11.6 Å². The van der Waals surface area contributed by atoms with Gasteiger partial charge in [0.2, 0.25) is 0 Å². The molecule has 2 amide bonds. The van der Waals surface area contributed by atoms with Gasteiger partial charge in [0.15, 0.2) is 0 Å². The SMILES string of the molecule is Cc1ccc(NC(=O)NCc2c(F)cccc2F)c(O)c1-c1ncc(C(F)(F)F)cc1Cl. The first kappa shape index (κ1) is 23.3. The van der Waals surface area contributed by atoms with E-state index in [2.05, 4.69) is 15.6 Å². The van der Waals surface area contributed by atoms with Gasteiger partial charge in [0.1, 0.15) is 17.4 Å². The van der Waals surface area contributed by atoms with Crippen LogP contribution in [0.5, 0.6) is 5.75 Å². The maximum atomic E-state index is 13.7. The smallest absolute Gasteiger partial charge is 0.417 e. The van der Waals surface area contributed by atoms with E-state index in [-0.39, 0.29) is 27.5 Å². The van der Waals surface area contributed by atoms with E-state index in [4.69, 9.17) is 11.6 Å². The Morgan fingerprint density at radius 2 is 1.81 bits per heavy atom. The number of aromatic nitrogens is 1. The lowest BCUT2D eigenvalue weighted by atomic mass is 10.0. The number of hydrogen-bond donors (Lipinski definition) is 3. The Bertz CT molecular complexity index is 1160. The van der Waals surface area contributed by atoms with E-state index < -0.39 is 41.7 Å². The number of benzene rings is 2. The first-order valence-corrected chi connectivity index (χ1v) is 9.40. The van der Waals surface area contributed by atoms with Gasteiger partial charge in [0.25, 0.3) is 0 Å². The van der Waals surface area contributed by atoms with Gasteiger partial charge in [-0.05, 0) is 36.8 Å². The number of carbonyl (C=O) groups is 1. The summed E-state index contributed by atoms with van der Waals surface area (Å²) in [7, 11) is 0. The fraction of sp³-hybridized carbons (Fsp3) is 0.143. The average molecular weight is 472 g/mol. The molecule has 0 atom stereocenters. The molecule has 2 aromatic carbocycles. The fourth-order valence-corrected chi connectivity index (χ4v) is 3.17. The molecule has 0 aliphatic rings. The van der Waals surface area contributed by atoms with Crippen LogP contribution in [-0.2, 0) is 12.7 Å². The van der Waals surface area contributed by atoms with E-state index in [0.717, 1.165) is 12.1 Å². The van der Waals surface area contributed by atoms with Crippen molar-refractivity contribution in [3.05, 3.63) is 75.9 Å². The lowest BCUT2D eigenvalue weighted by molar-refractivity contribution is -0.137. The van der Waals surface area contributed by atoms with Crippen molar-refractivity contribution in [3.8, 4) is 17.0 Å². The number of phenolic OH excluding ortho intramolecular Hbond substituents is 1. The molecule has 5 nitrogen and oxygen atoms in total. The molecule has 3 N–H and O–H groups in total. The lowest BCUT2D eigenvalue weighted by Crippen LogP contribution is -2.29. The predicted molar refractivity (Wildman–Crippen MR) is 108 cm³/mol. The third kappa shape index (κ3) is 4.91. The van der Waals surface area contributed by atoms with Crippen molar-refractivity contribution in [1.29, 1.82) is 0 Å². The number of halogens is 6. The Morgan fingerprint density at radius 3 is 2.41 bits per heavy atom. The number of nitrogens with one attached hydrogen (secondary N) is 2. The largest absolute Gasteiger partial charge is 0.505 e. The zero-order valence-electron chi connectivity index (χ0n) is 16.3. The molecule has 0 radical (unpaired) electrons. The predicted octanol–water partition coefficient (Wildman–Crippen LogP) is 6.03. The highest BCUT2D eigenvalue weighted by Gasteiger charge is 2.32. The van der Waals surface area contributed by atoms with Crippen LogP contribution in [0.25, 0.3) is 11.3 Å². The first-order valence-electron chi connectivity index (χ1n) is 9.02. The minimum Gasteiger partial charge on any atom is -0.505 e. The highest BCUT2D eigenvalue weighted by molar-refractivity contribution is 6.33. The van der Waals surface area contributed by atoms with Gasteiger partial charge in [-0.25, -0.2) is 13.6 Å². The number of urea groups is 1. The highest BCUT2D eigenvalue weighted by Crippen LogP contribution is 2.41. The molecule has 0 saturated heterocycles. The third-order valence-electron chi connectivity index (χ3n) is 4.53. The Hall–Kier alpha value is -3.40. The summed E-state index contributed by atoms with van der Waals surface area (Å²) >= 11 is 5.97. The number of phenols is 1. The van der Waals surface area contributed by atoms with Gasteiger partial charge in [-0.15, -0.1) is 0 Å². The third-order valence-corrected chi connectivity index (χ3v) is 4.82. The molecule has 0 unspecified atom stereocenters. The summed E-state index contributed by atoms with van der Waals surface area (Å²) in [6, 6.07) is 5.88. The second-order valence-electron chi connectivity index (χ2n) is 6.71. The van der Waals surface area contributed by atoms with Crippen molar-refractivity contribution in [2.75, 3.05) is 5.32 Å². The van der Waals surface area contributed by atoms with Gasteiger partial charge in [-0.3, -0.25) is 4.98 Å². The molecule has 3 aromatic rings. The monoisotopic (exact) mass is 471 g/mol. The van der Waals surface area contributed by atoms with Gasteiger partial charge in [-0.2, -0.15) is 13.2 Å². The number of hydrogen-bond acceptors (Lipinski definition) is 3. The minimum absolute atomic E-state index is 0.0154. The van der Waals surface area contributed by atoms with Crippen LogP contribution in [0.1, 0.15) is 16.7 Å². The van der Waals surface area contributed by atoms with E-state index in [0.29, 0.717) is 17.8 Å². The number of nitrogens with zero attached hydrogens (tertiary/aromatic N) is 1. The van der Waals surface area contributed by atoms with Crippen LogP contribution in [0.3, 0.4) is 0 Å².